The van der Waals surface area contributed by atoms with Gasteiger partial charge in [-0.1, -0.05) is 72.6 Å². The molecule has 0 unspecified atom stereocenters. The molecule has 0 heterocycles. The van der Waals surface area contributed by atoms with Crippen molar-refractivity contribution in [3.63, 3.8) is 0 Å². The van der Waals surface area contributed by atoms with Crippen LogP contribution in [0.1, 0.15) is 105 Å². The predicted octanol–water partition coefficient (Wildman–Crippen LogP) is 6.07. The van der Waals surface area contributed by atoms with Gasteiger partial charge in [0.15, 0.2) is 0 Å². The maximum absolute atomic E-state index is 12.1. The van der Waals surface area contributed by atoms with Gasteiger partial charge < -0.3 is 9.47 Å². The lowest BCUT2D eigenvalue weighted by molar-refractivity contribution is -0.147. The summed E-state index contributed by atoms with van der Waals surface area (Å²) in [5, 5.41) is 0. The van der Waals surface area contributed by atoms with Crippen molar-refractivity contribution in [2.45, 2.75) is 105 Å². The zero-order chi connectivity index (χ0) is 19.6. The summed E-state index contributed by atoms with van der Waals surface area (Å²) in [6.45, 7) is 9.64. The van der Waals surface area contributed by atoms with Crippen LogP contribution in [-0.2, 0) is 19.1 Å². The molecule has 26 heavy (non-hydrogen) atoms. The zero-order valence-corrected chi connectivity index (χ0v) is 17.7. The van der Waals surface area contributed by atoms with Crippen LogP contribution in [0.5, 0.6) is 0 Å². The van der Waals surface area contributed by atoms with E-state index in [9.17, 15) is 9.59 Å². The van der Waals surface area contributed by atoms with Gasteiger partial charge >= 0.3 is 11.9 Å². The van der Waals surface area contributed by atoms with Crippen LogP contribution in [0.2, 0.25) is 0 Å². The Balaban J connectivity index is 4.16. The largest absolute Gasteiger partial charge is 0.466 e. The molecule has 0 rings (SSSR count). The third kappa shape index (κ3) is 16.4. The van der Waals surface area contributed by atoms with E-state index in [1.54, 1.807) is 0 Å². The molecule has 0 aliphatic carbocycles. The van der Waals surface area contributed by atoms with Gasteiger partial charge in [0, 0.05) is 12.8 Å². The molecule has 0 aromatic carbocycles. The van der Waals surface area contributed by atoms with Crippen LogP contribution in [0.4, 0.5) is 0 Å². The smallest absolute Gasteiger partial charge is 0.306 e. The van der Waals surface area contributed by atoms with Crippen molar-refractivity contribution in [2.24, 2.45) is 11.8 Å². The highest BCUT2D eigenvalue weighted by molar-refractivity contribution is 5.73. The van der Waals surface area contributed by atoms with Crippen LogP contribution in [0.25, 0.3) is 0 Å². The summed E-state index contributed by atoms with van der Waals surface area (Å²) in [6.07, 6.45) is 11.3. The summed E-state index contributed by atoms with van der Waals surface area (Å²) in [5.41, 5.74) is 0. The lowest BCUT2D eigenvalue weighted by Crippen LogP contribution is -2.18. The van der Waals surface area contributed by atoms with E-state index in [-0.39, 0.29) is 17.9 Å². The fourth-order valence-electron chi connectivity index (χ4n) is 2.86. The normalized spacial score (nSPS) is 11.2. The number of hydrogen-bond acceptors (Lipinski definition) is 4. The number of unbranched alkanes of at least 4 members (excludes halogenated alkanes) is 6. The van der Waals surface area contributed by atoms with Gasteiger partial charge in [-0.15, -0.1) is 0 Å². The molecule has 0 saturated heterocycles. The third-order valence-corrected chi connectivity index (χ3v) is 4.58. The standard InChI is InChI=1S/C22H42O4/c1-5-7-9-11-15-25-21(23)17-20(14-13-19(3)4)18-22(24)26-16-12-10-8-6-2/h19-20H,5-18H2,1-4H3. The van der Waals surface area contributed by atoms with E-state index in [4.69, 9.17) is 9.47 Å². The molecule has 0 spiro atoms. The van der Waals surface area contributed by atoms with E-state index < -0.39 is 0 Å². The highest BCUT2D eigenvalue weighted by atomic mass is 16.5. The van der Waals surface area contributed by atoms with Crippen LogP contribution >= 0.6 is 0 Å². The summed E-state index contributed by atoms with van der Waals surface area (Å²) in [6, 6.07) is 0. The van der Waals surface area contributed by atoms with E-state index >= 15 is 0 Å². The van der Waals surface area contributed by atoms with Gasteiger partial charge in [-0.05, 0) is 31.1 Å². The van der Waals surface area contributed by atoms with Crippen LogP contribution in [0.15, 0.2) is 0 Å². The van der Waals surface area contributed by atoms with E-state index in [1.165, 1.54) is 25.7 Å². The molecule has 0 aromatic heterocycles. The molecule has 4 heteroatoms. The van der Waals surface area contributed by atoms with Crippen molar-refractivity contribution in [2.75, 3.05) is 13.2 Å². The van der Waals surface area contributed by atoms with E-state index in [0.717, 1.165) is 38.5 Å². The molecule has 0 N–H and O–H groups in total. The van der Waals surface area contributed by atoms with Crippen molar-refractivity contribution < 1.29 is 19.1 Å². The molecular weight excluding hydrogens is 328 g/mol. The van der Waals surface area contributed by atoms with Crippen molar-refractivity contribution in [3.8, 4) is 0 Å². The summed E-state index contributed by atoms with van der Waals surface area (Å²) in [4.78, 5) is 24.1. The highest BCUT2D eigenvalue weighted by Gasteiger charge is 2.20. The van der Waals surface area contributed by atoms with Gasteiger partial charge in [0.25, 0.3) is 0 Å². The average Bonchev–Trinajstić information content (AvgIpc) is 2.59. The lowest BCUT2D eigenvalue weighted by Gasteiger charge is -2.17. The first kappa shape index (κ1) is 24.9. The SMILES string of the molecule is CCCCCCOC(=O)CC(CCC(C)C)CC(=O)OCCCCCC. The Morgan fingerprint density at radius 1 is 0.692 bits per heavy atom. The number of ether oxygens (including phenoxy) is 2. The Kier molecular flexibility index (Phi) is 16.7. The molecule has 0 bridgehead atoms. The molecule has 0 atom stereocenters. The fourth-order valence-corrected chi connectivity index (χ4v) is 2.86. The minimum atomic E-state index is -0.175. The maximum Gasteiger partial charge on any atom is 0.306 e. The van der Waals surface area contributed by atoms with Crippen molar-refractivity contribution >= 4 is 11.9 Å². The molecule has 0 aliphatic rings. The Morgan fingerprint density at radius 3 is 1.54 bits per heavy atom. The van der Waals surface area contributed by atoms with Gasteiger partial charge in [-0.3, -0.25) is 9.59 Å². The molecule has 0 aliphatic heterocycles. The number of carbonyl (C=O) groups is 2. The molecular formula is C22H42O4. The second-order valence-corrected chi connectivity index (χ2v) is 7.81. The maximum atomic E-state index is 12.1. The van der Waals surface area contributed by atoms with Gasteiger partial charge in [-0.25, -0.2) is 0 Å². The average molecular weight is 371 g/mol. The van der Waals surface area contributed by atoms with Crippen molar-refractivity contribution in [1.29, 1.82) is 0 Å². The molecule has 0 fully saturated rings. The van der Waals surface area contributed by atoms with E-state index in [0.29, 0.717) is 32.0 Å². The first-order chi connectivity index (χ1) is 12.5. The minimum Gasteiger partial charge on any atom is -0.466 e. The minimum absolute atomic E-state index is 0.0312. The number of esters is 2. The highest BCUT2D eigenvalue weighted by Crippen LogP contribution is 2.20. The van der Waals surface area contributed by atoms with Gasteiger partial charge in [0.2, 0.25) is 0 Å². The topological polar surface area (TPSA) is 52.6 Å². The lowest BCUT2D eigenvalue weighted by atomic mass is 9.92. The molecule has 0 amide bonds. The molecule has 154 valence electrons. The first-order valence-electron chi connectivity index (χ1n) is 10.8. The molecule has 0 radical (unpaired) electrons. The van der Waals surface area contributed by atoms with Crippen molar-refractivity contribution in [3.05, 3.63) is 0 Å². The monoisotopic (exact) mass is 370 g/mol. The number of hydrogen-bond donors (Lipinski definition) is 0. The molecule has 0 saturated carbocycles. The zero-order valence-electron chi connectivity index (χ0n) is 17.7. The Bertz CT molecular complexity index is 324. The quantitative estimate of drug-likeness (QED) is 0.230. The van der Waals surface area contributed by atoms with Crippen LogP contribution < -0.4 is 0 Å². The molecule has 0 aromatic rings. The van der Waals surface area contributed by atoms with Gasteiger partial charge in [0.05, 0.1) is 13.2 Å². The van der Waals surface area contributed by atoms with E-state index in [2.05, 4.69) is 27.7 Å². The van der Waals surface area contributed by atoms with Crippen LogP contribution in [0.3, 0.4) is 0 Å². The summed E-state index contributed by atoms with van der Waals surface area (Å²) >= 11 is 0. The predicted molar refractivity (Wildman–Crippen MR) is 107 cm³/mol. The second kappa shape index (κ2) is 17.4. The summed E-state index contributed by atoms with van der Waals surface area (Å²) in [5.74, 6) is 0.244. The van der Waals surface area contributed by atoms with Gasteiger partial charge in [0.1, 0.15) is 0 Å². The van der Waals surface area contributed by atoms with E-state index in [1.807, 2.05) is 0 Å². The van der Waals surface area contributed by atoms with Crippen LogP contribution in [0, 0.1) is 11.8 Å². The van der Waals surface area contributed by atoms with Gasteiger partial charge in [-0.2, -0.15) is 0 Å². The Hall–Kier alpha value is -1.06. The van der Waals surface area contributed by atoms with Crippen molar-refractivity contribution in [1.82, 2.24) is 0 Å². The summed E-state index contributed by atoms with van der Waals surface area (Å²) < 4.78 is 10.7. The first-order valence-corrected chi connectivity index (χ1v) is 10.8. The fraction of sp³-hybridized carbons (Fsp3) is 0.909. The Morgan fingerprint density at radius 2 is 1.15 bits per heavy atom. The Labute approximate surface area is 161 Å². The third-order valence-electron chi connectivity index (χ3n) is 4.58. The molecule has 4 nitrogen and oxygen atoms in total. The number of carbonyl (C=O) groups excluding carboxylic acids is 2. The number of rotatable bonds is 17. The summed E-state index contributed by atoms with van der Waals surface area (Å²) in [7, 11) is 0. The van der Waals surface area contributed by atoms with Crippen LogP contribution in [-0.4, -0.2) is 25.2 Å². The second-order valence-electron chi connectivity index (χ2n) is 7.81.